The van der Waals surface area contributed by atoms with E-state index in [9.17, 15) is 8.42 Å². The highest BCUT2D eigenvalue weighted by Crippen LogP contribution is 2.25. The number of rotatable bonds is 5. The summed E-state index contributed by atoms with van der Waals surface area (Å²) in [6.45, 7) is 2.09. The van der Waals surface area contributed by atoms with Crippen molar-refractivity contribution in [3.8, 4) is 0 Å². The summed E-state index contributed by atoms with van der Waals surface area (Å²) in [5.41, 5.74) is 7.32. The van der Waals surface area contributed by atoms with E-state index in [1.807, 2.05) is 0 Å². The topological polar surface area (TPSA) is 85.1 Å². The van der Waals surface area contributed by atoms with Crippen LogP contribution in [0.25, 0.3) is 0 Å². The van der Waals surface area contributed by atoms with Crippen LogP contribution in [0.3, 0.4) is 0 Å². The molecule has 1 aromatic rings. The first-order valence-electron chi connectivity index (χ1n) is 5.89. The predicted octanol–water partition coefficient (Wildman–Crippen LogP) is 1.81. The van der Waals surface area contributed by atoms with E-state index in [2.05, 4.69) is 15.8 Å². The molecular weight excluding hydrogens is 270 g/mol. The SMILES string of the molecule is Cc1nc(N)sc1S(=O)(=O)NCCC1=CCCC1. The van der Waals surface area contributed by atoms with Crippen LogP contribution in [0.2, 0.25) is 0 Å². The van der Waals surface area contributed by atoms with Crippen molar-refractivity contribution in [3.63, 3.8) is 0 Å². The Balaban J connectivity index is 1.97. The van der Waals surface area contributed by atoms with E-state index in [1.54, 1.807) is 6.92 Å². The van der Waals surface area contributed by atoms with E-state index in [4.69, 9.17) is 5.73 Å². The van der Waals surface area contributed by atoms with Crippen LogP contribution in [0.5, 0.6) is 0 Å². The molecule has 3 N–H and O–H groups in total. The highest BCUT2D eigenvalue weighted by atomic mass is 32.2. The molecule has 0 spiro atoms. The highest BCUT2D eigenvalue weighted by molar-refractivity contribution is 7.91. The summed E-state index contributed by atoms with van der Waals surface area (Å²) in [7, 11) is -3.46. The molecule has 7 heteroatoms. The quantitative estimate of drug-likeness (QED) is 0.809. The molecule has 0 aromatic carbocycles. The van der Waals surface area contributed by atoms with Gasteiger partial charge < -0.3 is 5.73 Å². The Bertz CT molecular complexity index is 561. The summed E-state index contributed by atoms with van der Waals surface area (Å²) in [5, 5.41) is 0.284. The van der Waals surface area contributed by atoms with Crippen LogP contribution >= 0.6 is 11.3 Å². The van der Waals surface area contributed by atoms with E-state index < -0.39 is 10.0 Å². The van der Waals surface area contributed by atoms with Gasteiger partial charge in [0.2, 0.25) is 0 Å². The molecule has 0 radical (unpaired) electrons. The summed E-state index contributed by atoms with van der Waals surface area (Å²) >= 11 is 1.01. The van der Waals surface area contributed by atoms with Crippen molar-refractivity contribution in [2.45, 2.75) is 36.8 Å². The zero-order valence-electron chi connectivity index (χ0n) is 10.3. The molecule has 0 bridgehead atoms. The van der Waals surface area contributed by atoms with Gasteiger partial charge in [0.05, 0.1) is 5.69 Å². The molecule has 100 valence electrons. The van der Waals surface area contributed by atoms with E-state index in [-0.39, 0.29) is 9.34 Å². The molecule has 1 aromatic heterocycles. The number of sulfonamides is 1. The molecule has 5 nitrogen and oxygen atoms in total. The molecule has 1 aliphatic carbocycles. The number of allylic oxidation sites excluding steroid dienone is 1. The van der Waals surface area contributed by atoms with Gasteiger partial charge in [0.15, 0.2) is 9.34 Å². The van der Waals surface area contributed by atoms with Crippen LogP contribution in [0.15, 0.2) is 15.9 Å². The van der Waals surface area contributed by atoms with E-state index in [0.29, 0.717) is 12.2 Å². The lowest BCUT2D eigenvalue weighted by Gasteiger charge is -2.05. The van der Waals surface area contributed by atoms with Gasteiger partial charge in [-0.3, -0.25) is 0 Å². The number of nitrogen functional groups attached to an aromatic ring is 1. The third-order valence-corrected chi connectivity index (χ3v) is 5.95. The number of hydrogen-bond donors (Lipinski definition) is 2. The monoisotopic (exact) mass is 287 g/mol. The Kier molecular flexibility index (Phi) is 4.04. The minimum atomic E-state index is -3.46. The van der Waals surface area contributed by atoms with Gasteiger partial charge in [0.1, 0.15) is 0 Å². The zero-order chi connectivity index (χ0) is 13.2. The average Bonchev–Trinajstić information content (AvgIpc) is 2.88. The fourth-order valence-electron chi connectivity index (χ4n) is 2.03. The summed E-state index contributed by atoms with van der Waals surface area (Å²) in [4.78, 5) is 3.93. The van der Waals surface area contributed by atoms with Gasteiger partial charge in [0, 0.05) is 6.54 Å². The molecular formula is C11H17N3O2S2. The fraction of sp³-hybridized carbons (Fsp3) is 0.545. The van der Waals surface area contributed by atoms with Crippen LogP contribution in [-0.2, 0) is 10.0 Å². The Labute approximate surface area is 111 Å². The lowest BCUT2D eigenvalue weighted by molar-refractivity contribution is 0.582. The number of aryl methyl sites for hydroxylation is 1. The van der Waals surface area contributed by atoms with Crippen LogP contribution in [0.1, 0.15) is 31.4 Å². The number of aromatic nitrogens is 1. The first-order valence-corrected chi connectivity index (χ1v) is 8.19. The number of nitrogens with zero attached hydrogens (tertiary/aromatic N) is 1. The largest absolute Gasteiger partial charge is 0.375 e. The van der Waals surface area contributed by atoms with Crippen LogP contribution in [0, 0.1) is 6.92 Å². The fourth-order valence-corrected chi connectivity index (χ4v) is 4.40. The average molecular weight is 287 g/mol. The standard InChI is InChI=1S/C11H17N3O2S2/c1-8-10(17-11(12)14-8)18(15,16)13-7-6-9-4-2-3-5-9/h4,13H,2-3,5-7H2,1H3,(H2,12,14). The second-order valence-corrected chi connectivity index (χ2v) is 7.32. The Morgan fingerprint density at radius 2 is 2.33 bits per heavy atom. The maximum Gasteiger partial charge on any atom is 0.252 e. The summed E-state index contributed by atoms with van der Waals surface area (Å²) < 4.78 is 26.9. The molecule has 0 fully saturated rings. The van der Waals surface area contributed by atoms with E-state index in [0.717, 1.165) is 30.6 Å². The van der Waals surface area contributed by atoms with Crippen molar-refractivity contribution in [2.75, 3.05) is 12.3 Å². The minimum Gasteiger partial charge on any atom is -0.375 e. The van der Waals surface area contributed by atoms with Crippen molar-refractivity contribution >= 4 is 26.5 Å². The molecule has 0 saturated carbocycles. The Morgan fingerprint density at radius 1 is 1.56 bits per heavy atom. The Morgan fingerprint density at radius 3 is 2.89 bits per heavy atom. The van der Waals surface area contributed by atoms with Crippen molar-refractivity contribution in [3.05, 3.63) is 17.3 Å². The van der Waals surface area contributed by atoms with Crippen molar-refractivity contribution < 1.29 is 8.42 Å². The number of thiazole rings is 1. The van der Waals surface area contributed by atoms with Crippen molar-refractivity contribution in [2.24, 2.45) is 0 Å². The van der Waals surface area contributed by atoms with Gasteiger partial charge in [-0.2, -0.15) is 0 Å². The summed E-state index contributed by atoms with van der Waals surface area (Å²) in [6.07, 6.45) is 6.38. The van der Waals surface area contributed by atoms with Crippen molar-refractivity contribution in [1.82, 2.24) is 9.71 Å². The maximum atomic E-state index is 12.0. The highest BCUT2D eigenvalue weighted by Gasteiger charge is 2.20. The number of nitrogens with one attached hydrogen (secondary N) is 1. The third kappa shape index (κ3) is 3.09. The van der Waals surface area contributed by atoms with Gasteiger partial charge in [0.25, 0.3) is 10.0 Å². The number of hydrogen-bond acceptors (Lipinski definition) is 5. The maximum absolute atomic E-state index is 12.0. The molecule has 1 aliphatic rings. The van der Waals surface area contributed by atoms with Crippen LogP contribution in [-0.4, -0.2) is 19.9 Å². The first kappa shape index (κ1) is 13.5. The smallest absolute Gasteiger partial charge is 0.252 e. The summed E-state index contributed by atoms with van der Waals surface area (Å²) in [6, 6.07) is 0. The van der Waals surface area contributed by atoms with E-state index in [1.165, 1.54) is 12.0 Å². The Hall–Kier alpha value is -0.920. The lowest BCUT2D eigenvalue weighted by Crippen LogP contribution is -2.24. The lowest BCUT2D eigenvalue weighted by atomic mass is 10.2. The van der Waals surface area contributed by atoms with Gasteiger partial charge in [-0.25, -0.2) is 18.1 Å². The molecule has 0 unspecified atom stereocenters. The van der Waals surface area contributed by atoms with Crippen molar-refractivity contribution in [1.29, 1.82) is 0 Å². The number of anilines is 1. The van der Waals surface area contributed by atoms with E-state index >= 15 is 0 Å². The molecule has 2 rings (SSSR count). The molecule has 0 amide bonds. The second kappa shape index (κ2) is 5.38. The number of nitrogens with two attached hydrogens (primary N) is 1. The molecule has 0 saturated heterocycles. The molecule has 1 heterocycles. The summed E-state index contributed by atoms with van der Waals surface area (Å²) in [5.74, 6) is 0. The normalized spacial score (nSPS) is 15.9. The zero-order valence-corrected chi connectivity index (χ0v) is 11.9. The van der Waals surface area contributed by atoms with Crippen LogP contribution in [0.4, 0.5) is 5.13 Å². The molecule has 0 atom stereocenters. The predicted molar refractivity (Wildman–Crippen MR) is 73.0 cm³/mol. The second-order valence-electron chi connectivity index (χ2n) is 4.33. The first-order chi connectivity index (χ1) is 8.49. The molecule has 0 aliphatic heterocycles. The minimum absolute atomic E-state index is 0.223. The van der Waals surface area contributed by atoms with Gasteiger partial charge in [-0.1, -0.05) is 23.0 Å². The van der Waals surface area contributed by atoms with Gasteiger partial charge >= 0.3 is 0 Å². The van der Waals surface area contributed by atoms with Crippen LogP contribution < -0.4 is 10.5 Å². The third-order valence-electron chi connectivity index (χ3n) is 2.89. The van der Waals surface area contributed by atoms with Gasteiger partial charge in [-0.15, -0.1) is 0 Å². The molecule has 18 heavy (non-hydrogen) atoms. The van der Waals surface area contributed by atoms with Gasteiger partial charge in [-0.05, 0) is 32.6 Å².